The quantitative estimate of drug-likeness (QED) is 0.763. The molecule has 18 heavy (non-hydrogen) atoms. The molecule has 1 amide bonds. The Kier molecular flexibility index (Phi) is 3.44. The first-order valence-electron chi connectivity index (χ1n) is 6.40. The average molecular weight is 247 g/mol. The number of morpholine rings is 1. The maximum absolute atomic E-state index is 12.5. The van der Waals surface area contributed by atoms with Crippen molar-refractivity contribution in [1.29, 1.82) is 0 Å². The molecule has 0 N–H and O–H groups in total. The fraction of sp³-hybridized carbons (Fsp3) is 0.533. The molecule has 0 aromatic heterocycles. The third-order valence-corrected chi connectivity index (χ3v) is 3.44. The number of nitrogens with zero attached hydrogens (tertiary/aromatic N) is 1. The molecule has 1 fully saturated rings. The summed E-state index contributed by atoms with van der Waals surface area (Å²) in [6.07, 6.45) is 0.104. The molecule has 1 unspecified atom stereocenters. The molecule has 0 aliphatic carbocycles. The molecule has 3 nitrogen and oxygen atoms in total. The summed E-state index contributed by atoms with van der Waals surface area (Å²) in [5.74, 6) is 0.0927. The van der Waals surface area contributed by atoms with Gasteiger partial charge in [-0.3, -0.25) is 4.79 Å². The van der Waals surface area contributed by atoms with E-state index in [1.165, 1.54) is 5.56 Å². The summed E-state index contributed by atoms with van der Waals surface area (Å²) < 4.78 is 5.63. The molecular weight excluding hydrogens is 226 g/mol. The molecule has 3 heteroatoms. The van der Waals surface area contributed by atoms with Crippen molar-refractivity contribution in [3.8, 4) is 0 Å². The molecule has 2 rings (SSSR count). The Bertz CT molecular complexity index is 436. The highest BCUT2D eigenvalue weighted by Gasteiger charge is 2.36. The second-order valence-electron chi connectivity index (χ2n) is 5.72. The highest BCUT2D eigenvalue weighted by atomic mass is 16.5. The second-order valence-corrected chi connectivity index (χ2v) is 5.72. The summed E-state index contributed by atoms with van der Waals surface area (Å²) in [4.78, 5) is 14.5. The van der Waals surface area contributed by atoms with Gasteiger partial charge < -0.3 is 9.64 Å². The standard InChI is InChI=1S/C15H21NO2/c1-11-5-7-13(8-6-11)14(17)16-9-12(2)18-10-15(16,3)4/h5-8,12H,9-10H2,1-4H3. The fourth-order valence-corrected chi connectivity index (χ4v) is 2.19. The minimum Gasteiger partial charge on any atom is -0.374 e. The van der Waals surface area contributed by atoms with Crippen LogP contribution in [0.15, 0.2) is 24.3 Å². The van der Waals surface area contributed by atoms with Crippen molar-refractivity contribution < 1.29 is 9.53 Å². The van der Waals surface area contributed by atoms with E-state index in [0.29, 0.717) is 13.2 Å². The zero-order chi connectivity index (χ0) is 13.3. The van der Waals surface area contributed by atoms with E-state index in [9.17, 15) is 4.79 Å². The number of amides is 1. The van der Waals surface area contributed by atoms with Crippen LogP contribution in [0.4, 0.5) is 0 Å². The first-order chi connectivity index (χ1) is 8.40. The van der Waals surface area contributed by atoms with Crippen LogP contribution in [0.2, 0.25) is 0 Å². The van der Waals surface area contributed by atoms with Gasteiger partial charge >= 0.3 is 0 Å². The maximum atomic E-state index is 12.5. The van der Waals surface area contributed by atoms with Gasteiger partial charge in [-0.05, 0) is 39.8 Å². The van der Waals surface area contributed by atoms with Crippen LogP contribution in [-0.4, -0.2) is 35.6 Å². The number of rotatable bonds is 1. The van der Waals surface area contributed by atoms with Crippen molar-refractivity contribution >= 4 is 5.91 Å². The van der Waals surface area contributed by atoms with Crippen LogP contribution in [0, 0.1) is 6.92 Å². The van der Waals surface area contributed by atoms with Crippen LogP contribution in [0.3, 0.4) is 0 Å². The molecular formula is C15H21NO2. The average Bonchev–Trinajstić information content (AvgIpc) is 2.32. The third-order valence-electron chi connectivity index (χ3n) is 3.44. The van der Waals surface area contributed by atoms with E-state index in [1.54, 1.807) is 0 Å². The Balaban J connectivity index is 2.23. The largest absolute Gasteiger partial charge is 0.374 e. The molecule has 0 saturated carbocycles. The van der Waals surface area contributed by atoms with Gasteiger partial charge in [-0.25, -0.2) is 0 Å². The fourth-order valence-electron chi connectivity index (χ4n) is 2.19. The maximum Gasteiger partial charge on any atom is 0.254 e. The SMILES string of the molecule is Cc1ccc(C(=O)N2CC(C)OCC2(C)C)cc1. The molecule has 1 aliphatic rings. The summed E-state index contributed by atoms with van der Waals surface area (Å²) in [5.41, 5.74) is 1.68. The lowest BCUT2D eigenvalue weighted by Gasteiger charge is -2.44. The van der Waals surface area contributed by atoms with Gasteiger partial charge in [0, 0.05) is 12.1 Å². The van der Waals surface area contributed by atoms with Crippen LogP contribution in [0.25, 0.3) is 0 Å². The number of hydrogen-bond donors (Lipinski definition) is 0. The Morgan fingerprint density at radius 3 is 2.56 bits per heavy atom. The monoisotopic (exact) mass is 247 g/mol. The first kappa shape index (κ1) is 13.1. The number of carbonyl (C=O) groups excluding carboxylic acids is 1. The van der Waals surface area contributed by atoms with Gasteiger partial charge in [0.15, 0.2) is 0 Å². The van der Waals surface area contributed by atoms with Crippen molar-refractivity contribution in [3.05, 3.63) is 35.4 Å². The van der Waals surface area contributed by atoms with E-state index in [-0.39, 0.29) is 17.6 Å². The molecule has 0 radical (unpaired) electrons. The zero-order valence-corrected chi connectivity index (χ0v) is 11.6. The Hall–Kier alpha value is -1.35. The summed E-state index contributed by atoms with van der Waals surface area (Å²) in [5, 5.41) is 0. The number of ether oxygens (including phenoxy) is 1. The molecule has 1 heterocycles. The lowest BCUT2D eigenvalue weighted by Crippen LogP contribution is -2.57. The predicted octanol–water partition coefficient (Wildman–Crippen LogP) is 2.63. The normalized spacial score (nSPS) is 22.9. The number of benzene rings is 1. The van der Waals surface area contributed by atoms with Gasteiger partial charge in [-0.2, -0.15) is 0 Å². The van der Waals surface area contributed by atoms with E-state index in [4.69, 9.17) is 4.74 Å². The summed E-state index contributed by atoms with van der Waals surface area (Å²) in [6.45, 7) is 9.36. The van der Waals surface area contributed by atoms with Crippen molar-refractivity contribution in [1.82, 2.24) is 4.90 Å². The van der Waals surface area contributed by atoms with Gasteiger partial charge in [0.2, 0.25) is 0 Å². The molecule has 0 spiro atoms. The van der Waals surface area contributed by atoms with Crippen molar-refractivity contribution in [3.63, 3.8) is 0 Å². The van der Waals surface area contributed by atoms with Crippen LogP contribution < -0.4 is 0 Å². The smallest absolute Gasteiger partial charge is 0.254 e. The summed E-state index contributed by atoms with van der Waals surface area (Å²) in [7, 11) is 0. The Labute approximate surface area is 109 Å². The predicted molar refractivity (Wildman–Crippen MR) is 71.7 cm³/mol. The molecule has 1 atom stereocenters. The van der Waals surface area contributed by atoms with Crippen LogP contribution >= 0.6 is 0 Å². The second kappa shape index (κ2) is 4.73. The van der Waals surface area contributed by atoms with E-state index in [0.717, 1.165) is 5.56 Å². The van der Waals surface area contributed by atoms with Crippen molar-refractivity contribution in [2.45, 2.75) is 39.3 Å². The zero-order valence-electron chi connectivity index (χ0n) is 11.6. The minimum atomic E-state index is -0.242. The Morgan fingerprint density at radius 2 is 1.94 bits per heavy atom. The van der Waals surface area contributed by atoms with E-state index < -0.39 is 0 Å². The molecule has 0 bridgehead atoms. The molecule has 1 aromatic rings. The van der Waals surface area contributed by atoms with E-state index in [1.807, 2.05) is 56.9 Å². The highest BCUT2D eigenvalue weighted by Crippen LogP contribution is 2.24. The summed E-state index contributed by atoms with van der Waals surface area (Å²) >= 11 is 0. The molecule has 1 saturated heterocycles. The van der Waals surface area contributed by atoms with Crippen LogP contribution in [0.1, 0.15) is 36.7 Å². The number of carbonyl (C=O) groups is 1. The third kappa shape index (κ3) is 2.56. The molecule has 1 aliphatic heterocycles. The van der Waals surface area contributed by atoms with Gasteiger partial charge in [0.05, 0.1) is 18.2 Å². The lowest BCUT2D eigenvalue weighted by atomic mass is 9.99. The van der Waals surface area contributed by atoms with E-state index in [2.05, 4.69) is 0 Å². The van der Waals surface area contributed by atoms with Gasteiger partial charge in [-0.15, -0.1) is 0 Å². The van der Waals surface area contributed by atoms with Crippen LogP contribution in [0.5, 0.6) is 0 Å². The topological polar surface area (TPSA) is 29.5 Å². The molecule has 98 valence electrons. The van der Waals surface area contributed by atoms with Gasteiger partial charge in [0.1, 0.15) is 0 Å². The number of aryl methyl sites for hydroxylation is 1. The van der Waals surface area contributed by atoms with Crippen LogP contribution in [-0.2, 0) is 4.74 Å². The summed E-state index contributed by atoms with van der Waals surface area (Å²) in [6, 6.07) is 7.75. The minimum absolute atomic E-state index is 0.0927. The molecule has 1 aromatic carbocycles. The van der Waals surface area contributed by atoms with Gasteiger partial charge in [-0.1, -0.05) is 17.7 Å². The highest BCUT2D eigenvalue weighted by molar-refractivity contribution is 5.94. The number of hydrogen-bond acceptors (Lipinski definition) is 2. The van der Waals surface area contributed by atoms with Crippen molar-refractivity contribution in [2.75, 3.05) is 13.2 Å². The lowest BCUT2D eigenvalue weighted by molar-refractivity contribution is -0.0755. The van der Waals surface area contributed by atoms with Gasteiger partial charge in [0.25, 0.3) is 5.91 Å². The van der Waals surface area contributed by atoms with E-state index >= 15 is 0 Å². The Morgan fingerprint density at radius 1 is 1.33 bits per heavy atom. The van der Waals surface area contributed by atoms with Crippen molar-refractivity contribution in [2.24, 2.45) is 0 Å². The first-order valence-corrected chi connectivity index (χ1v) is 6.40.